The summed E-state index contributed by atoms with van der Waals surface area (Å²) in [7, 11) is -0.00647. The summed E-state index contributed by atoms with van der Waals surface area (Å²) < 4.78 is 75.3. The number of benzene rings is 6. The van der Waals surface area contributed by atoms with Crippen LogP contribution < -0.4 is 20.1 Å². The maximum absolute atomic E-state index is 15.5. The highest BCUT2D eigenvalue weighted by Crippen LogP contribution is 2.55. The van der Waals surface area contributed by atoms with Crippen molar-refractivity contribution in [2.75, 3.05) is 64.9 Å². The van der Waals surface area contributed by atoms with Crippen molar-refractivity contribution >= 4 is 59.7 Å². The molecule has 4 aromatic heterocycles. The molecular weight excluding hydrogens is 1390 g/mol. The van der Waals surface area contributed by atoms with Gasteiger partial charge in [0.05, 0.1) is 71.4 Å². The zero-order valence-electron chi connectivity index (χ0n) is 60.0. The second kappa shape index (κ2) is 34.0. The number of carbonyl (C=O) groups excluding carboxylic acids is 3. The Kier molecular flexibility index (Phi) is 23.8. The number of rotatable bonds is 33. The van der Waals surface area contributed by atoms with Gasteiger partial charge in [0.2, 0.25) is 5.91 Å². The molecule has 10 aromatic rings. The first-order valence-corrected chi connectivity index (χ1v) is 37.2. The minimum Gasteiger partial charge on any atom is -0.497 e. The van der Waals surface area contributed by atoms with E-state index in [-0.39, 0.29) is 97.8 Å². The van der Waals surface area contributed by atoms with Crippen LogP contribution in [0.15, 0.2) is 177 Å². The molecule has 0 radical (unpaired) electrons. The molecule has 556 valence electrons. The fourth-order valence-corrected chi connectivity index (χ4v) is 15.3. The molecule has 0 bridgehead atoms. The lowest BCUT2D eigenvalue weighted by Gasteiger charge is -2.37. The van der Waals surface area contributed by atoms with Crippen LogP contribution in [0.3, 0.4) is 0 Å². The highest BCUT2D eigenvalue weighted by molar-refractivity contribution is 7.48. The molecule has 28 heteroatoms. The van der Waals surface area contributed by atoms with Gasteiger partial charge in [0, 0.05) is 44.3 Å². The van der Waals surface area contributed by atoms with Gasteiger partial charge in [0.15, 0.2) is 34.0 Å². The predicted octanol–water partition coefficient (Wildman–Crippen LogP) is 12.6. The van der Waals surface area contributed by atoms with Crippen molar-refractivity contribution < 1.29 is 71.2 Å². The van der Waals surface area contributed by atoms with Crippen LogP contribution in [0.5, 0.6) is 11.5 Å². The highest BCUT2D eigenvalue weighted by atomic mass is 31.2. The molecule has 6 aromatic carbocycles. The van der Waals surface area contributed by atoms with Gasteiger partial charge in [-0.2, -0.15) is 5.26 Å². The molecule has 0 spiro atoms. The van der Waals surface area contributed by atoms with Gasteiger partial charge in [-0.05, 0) is 119 Å². The van der Waals surface area contributed by atoms with Crippen molar-refractivity contribution in [2.45, 2.75) is 126 Å². The number of hydrogen-bond donors (Lipinski definition) is 4. The third-order valence-electron chi connectivity index (χ3n) is 19.6. The molecule has 1 aliphatic carbocycles. The summed E-state index contributed by atoms with van der Waals surface area (Å²) in [5.74, 6) is 1.06. The van der Waals surface area contributed by atoms with E-state index in [2.05, 4.69) is 78.7 Å². The fraction of sp³-hybridized carbons (Fsp3) is 0.367. The third-order valence-corrected chi connectivity index (χ3v) is 21.1. The van der Waals surface area contributed by atoms with E-state index >= 15 is 4.57 Å². The minimum absolute atomic E-state index is 0.00183. The second-order valence-corrected chi connectivity index (χ2v) is 28.6. The first kappa shape index (κ1) is 74.9. The van der Waals surface area contributed by atoms with Crippen LogP contribution in [0, 0.1) is 17.2 Å². The van der Waals surface area contributed by atoms with Crippen molar-refractivity contribution in [1.82, 2.24) is 43.9 Å². The number of nitrogens with zero attached hydrogens (tertiary/aromatic N) is 10. The smallest absolute Gasteiger partial charge is 0.475 e. The molecule has 27 nitrogen and oxygen atoms in total. The Hall–Kier alpha value is -10.4. The number of methoxy groups -OCH3 is 2. The normalized spacial score (nSPS) is 18.5. The number of aromatic nitrogens is 8. The summed E-state index contributed by atoms with van der Waals surface area (Å²) in [6.07, 6.45) is 1.15. The molecule has 3 aliphatic rings. The number of hydrogen-bond acceptors (Lipinski definition) is 22. The number of phosphoric ester groups is 1. The average molecular weight is 1470 g/mol. The van der Waals surface area contributed by atoms with E-state index in [1.807, 2.05) is 121 Å². The van der Waals surface area contributed by atoms with Gasteiger partial charge in [0.25, 0.3) is 5.91 Å². The maximum Gasteiger partial charge on any atom is 0.475 e. The van der Waals surface area contributed by atoms with Crippen molar-refractivity contribution in [3.8, 4) is 28.7 Å². The summed E-state index contributed by atoms with van der Waals surface area (Å²) in [4.78, 5) is 69.0. The number of phosphoric acid groups is 1. The molecule has 8 atom stereocenters. The summed E-state index contributed by atoms with van der Waals surface area (Å²) in [6.45, 7) is 3.53. The molecule has 3 amide bonds. The molecule has 2 aliphatic heterocycles. The zero-order valence-corrected chi connectivity index (χ0v) is 60.9. The number of fused-ring (bicyclic) bond motifs is 5. The van der Waals surface area contributed by atoms with Gasteiger partial charge in [-0.1, -0.05) is 129 Å². The number of nitrogens with one attached hydrogen (secondary N) is 2. The number of ether oxygens (including phenoxy) is 6. The molecule has 0 saturated carbocycles. The summed E-state index contributed by atoms with van der Waals surface area (Å²) in [6, 6.07) is 50.0. The maximum atomic E-state index is 15.5. The Morgan fingerprint density at radius 2 is 1.26 bits per heavy atom. The molecule has 2 fully saturated rings. The Bertz CT molecular complexity index is 4720. The first-order valence-electron chi connectivity index (χ1n) is 35.7. The molecule has 2 saturated heterocycles. The Balaban J connectivity index is 0.707. The van der Waals surface area contributed by atoms with E-state index in [4.69, 9.17) is 42.0 Å². The first-order chi connectivity index (χ1) is 52.0. The molecule has 6 heterocycles. The average Bonchev–Trinajstić information content (AvgIpc) is 1.75. The van der Waals surface area contributed by atoms with Crippen molar-refractivity contribution in [1.29, 1.82) is 5.26 Å². The number of carbonyl (C=O) groups is 3. The SMILES string of the molecule is COc1ccc(C(OC[C@H]2O[C@@H](n3cnc4c(NC(=O)c5ccc(CCC(O)CCC(C)C)cc5)ncnc43)CC2OP(=O)(OCCC#N)OC[C@H]2O[C@@H](n3cnc4c(NC(=O)CCCN(C)C(=O)OCC5c6ccccc6-c6ccccc65)ncnc43)CC2O)(c2ccccc2)c2ccc(OC)cc2)cc1. The van der Waals surface area contributed by atoms with Gasteiger partial charge in [-0.25, -0.2) is 39.3 Å². The largest absolute Gasteiger partial charge is 0.497 e. The standard InChI is InChI=1S/C79H85N12O15P/c1-50(2)22-32-56(92)33-25-51-23-26-52(27-24-51)77(95)88-74-72-76(84-47-82-74)91(49-86-72)70-42-65(67(105-70)44-101-79(53-15-7-6-8-16-53,54-28-34-57(98-4)35-29-54)55-30-36-58(99-5)37-31-55)106-107(97,102-40-14-38-80)103-45-66-64(93)41-69(104-66)90-48-85-71-73(81-46-83-75(71)90)87-68(94)21-13-39-89(3)78(96)100-43-63-61-19-11-9-17-59(61)60-18-10-12-20-62(60)63/h6-12,15-20,23-24,26-31,34-37,46-50,56,63-67,69-70,92-93H,13-14,21-22,25,32-33,39-45H2,1-5H3,(H,81,83,87,94)(H,82,84,88,95)/t56?,64?,65?,66-,67-,69-,70-,107?/m1/s1. The fourth-order valence-electron chi connectivity index (χ4n) is 13.9. The topological polar surface area (TPSA) is 330 Å². The molecule has 107 heavy (non-hydrogen) atoms. The monoisotopic (exact) mass is 1470 g/mol. The number of imidazole rings is 2. The van der Waals surface area contributed by atoms with E-state index in [0.717, 1.165) is 46.2 Å². The third kappa shape index (κ3) is 17.1. The predicted molar refractivity (Wildman–Crippen MR) is 395 cm³/mol. The van der Waals surface area contributed by atoms with Gasteiger partial charge in [-0.15, -0.1) is 0 Å². The number of anilines is 2. The number of aryl methyl sites for hydroxylation is 1. The molecule has 4 N–H and O–H groups in total. The number of amides is 3. The van der Waals surface area contributed by atoms with Crippen LogP contribution in [-0.4, -0.2) is 157 Å². The van der Waals surface area contributed by atoms with Gasteiger partial charge >= 0.3 is 13.9 Å². The van der Waals surface area contributed by atoms with Crippen molar-refractivity contribution in [3.05, 3.63) is 216 Å². The van der Waals surface area contributed by atoms with Gasteiger partial charge < -0.3 is 54.2 Å². The van der Waals surface area contributed by atoms with Crippen LogP contribution >= 0.6 is 7.82 Å². The summed E-state index contributed by atoms with van der Waals surface area (Å²) in [5, 5.41) is 37.7. The molecular formula is C79H85N12O15P. The molecule has 4 unspecified atom stereocenters. The van der Waals surface area contributed by atoms with Crippen LogP contribution in [-0.2, 0) is 53.9 Å². The highest BCUT2D eigenvalue weighted by Gasteiger charge is 2.48. The van der Waals surface area contributed by atoms with E-state index in [0.29, 0.717) is 53.4 Å². The van der Waals surface area contributed by atoms with Crippen molar-refractivity contribution in [3.63, 3.8) is 0 Å². The Labute approximate surface area is 618 Å². The van der Waals surface area contributed by atoms with Crippen LogP contribution in [0.2, 0.25) is 0 Å². The van der Waals surface area contributed by atoms with E-state index in [1.165, 1.54) is 30.2 Å². The zero-order chi connectivity index (χ0) is 74.6. The van der Waals surface area contributed by atoms with Crippen molar-refractivity contribution in [2.24, 2.45) is 5.92 Å². The van der Waals surface area contributed by atoms with E-state index in [1.54, 1.807) is 42.5 Å². The second-order valence-electron chi connectivity index (χ2n) is 27.0. The van der Waals surface area contributed by atoms with E-state index in [9.17, 15) is 29.9 Å². The Morgan fingerprint density at radius 3 is 1.87 bits per heavy atom. The van der Waals surface area contributed by atoms with Crippen LogP contribution in [0.25, 0.3) is 33.5 Å². The lowest BCUT2D eigenvalue weighted by atomic mass is 9.80. The number of nitriles is 1. The van der Waals surface area contributed by atoms with Gasteiger partial charge in [0.1, 0.15) is 67.1 Å². The lowest BCUT2D eigenvalue weighted by Crippen LogP contribution is -2.38. The van der Waals surface area contributed by atoms with Crippen LogP contribution in [0.4, 0.5) is 16.4 Å². The van der Waals surface area contributed by atoms with Crippen LogP contribution in [0.1, 0.15) is 127 Å². The van der Waals surface area contributed by atoms with Gasteiger partial charge in [-0.3, -0.25) is 32.3 Å². The quantitative estimate of drug-likeness (QED) is 0.0169. The number of aliphatic hydroxyl groups is 2. The summed E-state index contributed by atoms with van der Waals surface area (Å²) >= 11 is 0. The number of aliphatic hydroxyl groups excluding tert-OH is 2. The molecule has 13 rings (SSSR count). The Morgan fingerprint density at radius 1 is 0.682 bits per heavy atom. The van der Waals surface area contributed by atoms with E-state index < -0.39 is 75.0 Å². The summed E-state index contributed by atoms with van der Waals surface area (Å²) in [5.41, 5.74) is 7.66. The lowest BCUT2D eigenvalue weighted by molar-refractivity contribution is -0.116. The minimum atomic E-state index is -4.80.